The van der Waals surface area contributed by atoms with Crippen molar-refractivity contribution in [1.82, 2.24) is 20.5 Å². The molecule has 3 N–H and O–H groups in total. The number of hydrogen-bond donors (Lipinski definition) is 3. The maximum atomic E-state index is 12.5. The topological polar surface area (TPSA) is 82.7 Å². The number of rotatable bonds is 2. The van der Waals surface area contributed by atoms with Gasteiger partial charge in [-0.15, -0.1) is 0 Å². The van der Waals surface area contributed by atoms with Crippen LogP contribution in [0.2, 0.25) is 0 Å². The van der Waals surface area contributed by atoms with Gasteiger partial charge in [0.1, 0.15) is 0 Å². The minimum Gasteiger partial charge on any atom is -0.312 e. The molecule has 0 fully saturated rings. The number of carbonyl (C=O) groups excluding carboxylic acids is 1. The van der Waals surface area contributed by atoms with Crippen LogP contribution in [0, 0.1) is 6.92 Å². The van der Waals surface area contributed by atoms with Crippen LogP contribution in [0.1, 0.15) is 27.3 Å². The second kappa shape index (κ2) is 5.19. The molecule has 3 aromatic rings. The van der Waals surface area contributed by atoms with E-state index in [1.165, 1.54) is 11.3 Å². The molecule has 2 aromatic heterocycles. The standard InChI is InChI=1S/C15H15N5OS/c1-8-3-2-4-11-12(8)17-15(22-11)18-14(21)13-9-7-16-6-5-10(9)19-20-13/h2-4,16H,5-7H2,1H3,(H,19,20)(H,17,18,21). The molecule has 1 aliphatic heterocycles. The summed E-state index contributed by atoms with van der Waals surface area (Å²) in [6, 6.07) is 6.02. The molecule has 1 amide bonds. The Morgan fingerprint density at radius 3 is 3.18 bits per heavy atom. The third kappa shape index (κ3) is 2.18. The molecule has 4 rings (SSSR count). The van der Waals surface area contributed by atoms with Crippen molar-refractivity contribution >= 4 is 32.6 Å². The number of aryl methyl sites for hydroxylation is 1. The Morgan fingerprint density at radius 2 is 2.32 bits per heavy atom. The van der Waals surface area contributed by atoms with Gasteiger partial charge in [0.25, 0.3) is 5.91 Å². The van der Waals surface area contributed by atoms with Gasteiger partial charge in [-0.3, -0.25) is 15.2 Å². The number of hydrogen-bond acceptors (Lipinski definition) is 5. The number of H-pyrrole nitrogens is 1. The largest absolute Gasteiger partial charge is 0.312 e. The number of para-hydroxylation sites is 1. The molecule has 7 heteroatoms. The Balaban J connectivity index is 1.63. The summed E-state index contributed by atoms with van der Waals surface area (Å²) in [6.45, 7) is 3.60. The predicted octanol–water partition coefficient (Wildman–Crippen LogP) is 2.23. The molecule has 0 radical (unpaired) electrons. The first-order valence-corrected chi connectivity index (χ1v) is 7.98. The van der Waals surface area contributed by atoms with E-state index in [0.717, 1.165) is 40.0 Å². The lowest BCUT2D eigenvalue weighted by Crippen LogP contribution is -2.25. The molecule has 0 spiro atoms. The number of thiazole rings is 1. The lowest BCUT2D eigenvalue weighted by Gasteiger charge is -2.12. The van der Waals surface area contributed by atoms with E-state index in [4.69, 9.17) is 0 Å². The summed E-state index contributed by atoms with van der Waals surface area (Å²) in [5.41, 5.74) is 4.51. The van der Waals surface area contributed by atoms with E-state index in [-0.39, 0.29) is 5.91 Å². The van der Waals surface area contributed by atoms with Crippen LogP contribution in [0.4, 0.5) is 5.13 Å². The highest BCUT2D eigenvalue weighted by Crippen LogP contribution is 2.28. The summed E-state index contributed by atoms with van der Waals surface area (Å²) in [6.07, 6.45) is 0.871. The number of fused-ring (bicyclic) bond motifs is 2. The van der Waals surface area contributed by atoms with Crippen molar-refractivity contribution < 1.29 is 4.79 Å². The van der Waals surface area contributed by atoms with Gasteiger partial charge in [0.15, 0.2) is 10.8 Å². The van der Waals surface area contributed by atoms with Gasteiger partial charge < -0.3 is 5.32 Å². The number of nitrogens with one attached hydrogen (secondary N) is 3. The summed E-state index contributed by atoms with van der Waals surface area (Å²) in [7, 11) is 0. The lowest BCUT2D eigenvalue weighted by atomic mass is 10.1. The third-order valence-corrected chi connectivity index (χ3v) is 4.80. The van der Waals surface area contributed by atoms with Crippen molar-refractivity contribution in [2.75, 3.05) is 11.9 Å². The van der Waals surface area contributed by atoms with Gasteiger partial charge in [-0.1, -0.05) is 23.5 Å². The normalized spacial score (nSPS) is 14.0. The van der Waals surface area contributed by atoms with Crippen molar-refractivity contribution in [2.24, 2.45) is 0 Å². The molecule has 22 heavy (non-hydrogen) atoms. The Bertz CT molecular complexity index is 866. The highest BCUT2D eigenvalue weighted by Gasteiger charge is 2.22. The highest BCUT2D eigenvalue weighted by molar-refractivity contribution is 7.22. The van der Waals surface area contributed by atoms with Crippen LogP contribution < -0.4 is 10.6 Å². The van der Waals surface area contributed by atoms with Crippen LogP contribution in [0.5, 0.6) is 0 Å². The van der Waals surface area contributed by atoms with Crippen molar-refractivity contribution in [3.8, 4) is 0 Å². The molecule has 1 aromatic carbocycles. The minimum atomic E-state index is -0.210. The van der Waals surface area contributed by atoms with Crippen LogP contribution in [-0.4, -0.2) is 27.6 Å². The number of carbonyl (C=O) groups is 1. The van der Waals surface area contributed by atoms with Crippen molar-refractivity contribution in [3.63, 3.8) is 0 Å². The summed E-state index contributed by atoms with van der Waals surface area (Å²) in [5, 5.41) is 13.9. The zero-order valence-electron chi connectivity index (χ0n) is 12.1. The minimum absolute atomic E-state index is 0.210. The van der Waals surface area contributed by atoms with Crippen molar-refractivity contribution in [3.05, 3.63) is 40.7 Å². The second-order valence-electron chi connectivity index (χ2n) is 5.35. The quantitative estimate of drug-likeness (QED) is 0.677. The van der Waals surface area contributed by atoms with E-state index in [1.807, 2.05) is 25.1 Å². The zero-order chi connectivity index (χ0) is 15.1. The Hall–Kier alpha value is -2.25. The fourth-order valence-corrected chi connectivity index (χ4v) is 3.65. The molecule has 0 aliphatic carbocycles. The average Bonchev–Trinajstić information content (AvgIpc) is 3.11. The predicted molar refractivity (Wildman–Crippen MR) is 86.3 cm³/mol. The van der Waals surface area contributed by atoms with Crippen molar-refractivity contribution in [2.45, 2.75) is 19.9 Å². The first-order chi connectivity index (χ1) is 10.7. The number of benzene rings is 1. The van der Waals surface area contributed by atoms with Crippen LogP contribution in [0.3, 0.4) is 0 Å². The SMILES string of the molecule is Cc1cccc2sc(NC(=O)c3n[nH]c4c3CNCC4)nc12. The highest BCUT2D eigenvalue weighted by atomic mass is 32.1. The van der Waals surface area contributed by atoms with E-state index in [9.17, 15) is 4.79 Å². The first kappa shape index (κ1) is 13.4. The Kier molecular flexibility index (Phi) is 3.16. The zero-order valence-corrected chi connectivity index (χ0v) is 12.9. The molecule has 6 nitrogen and oxygen atoms in total. The molecule has 0 saturated heterocycles. The maximum absolute atomic E-state index is 12.5. The van der Waals surface area contributed by atoms with Crippen LogP contribution in [0.25, 0.3) is 10.2 Å². The van der Waals surface area contributed by atoms with Gasteiger partial charge in [-0.25, -0.2) is 4.98 Å². The summed E-state index contributed by atoms with van der Waals surface area (Å²) in [5.74, 6) is -0.210. The molecular formula is C15H15N5OS. The van der Waals surface area contributed by atoms with Crippen LogP contribution in [-0.2, 0) is 13.0 Å². The number of anilines is 1. The van der Waals surface area contributed by atoms with Gasteiger partial charge >= 0.3 is 0 Å². The lowest BCUT2D eigenvalue weighted by molar-refractivity contribution is 0.102. The monoisotopic (exact) mass is 313 g/mol. The van der Waals surface area contributed by atoms with Gasteiger partial charge in [0.2, 0.25) is 0 Å². The van der Waals surface area contributed by atoms with Gasteiger partial charge in [-0.2, -0.15) is 5.10 Å². The molecule has 3 heterocycles. The number of nitrogens with zero attached hydrogens (tertiary/aromatic N) is 2. The van der Waals surface area contributed by atoms with E-state index >= 15 is 0 Å². The van der Waals surface area contributed by atoms with E-state index in [2.05, 4.69) is 25.8 Å². The van der Waals surface area contributed by atoms with Crippen molar-refractivity contribution in [1.29, 1.82) is 0 Å². The molecule has 0 saturated carbocycles. The van der Waals surface area contributed by atoms with Crippen LogP contribution >= 0.6 is 11.3 Å². The third-order valence-electron chi connectivity index (χ3n) is 3.86. The maximum Gasteiger partial charge on any atom is 0.278 e. The summed E-state index contributed by atoms with van der Waals surface area (Å²) >= 11 is 1.48. The second-order valence-corrected chi connectivity index (χ2v) is 6.38. The summed E-state index contributed by atoms with van der Waals surface area (Å²) < 4.78 is 1.07. The Morgan fingerprint density at radius 1 is 1.41 bits per heavy atom. The number of aromatic nitrogens is 3. The number of amides is 1. The van der Waals surface area contributed by atoms with Gasteiger partial charge in [0, 0.05) is 30.8 Å². The first-order valence-electron chi connectivity index (χ1n) is 7.17. The molecule has 1 aliphatic rings. The Labute approximate surface area is 131 Å². The fourth-order valence-electron chi connectivity index (χ4n) is 2.71. The smallest absolute Gasteiger partial charge is 0.278 e. The molecule has 112 valence electrons. The number of aromatic amines is 1. The van der Waals surface area contributed by atoms with Crippen LogP contribution in [0.15, 0.2) is 18.2 Å². The van der Waals surface area contributed by atoms with E-state index in [1.54, 1.807) is 0 Å². The summed E-state index contributed by atoms with van der Waals surface area (Å²) in [4.78, 5) is 17.0. The van der Waals surface area contributed by atoms with Gasteiger partial charge in [-0.05, 0) is 18.6 Å². The molecule has 0 atom stereocenters. The van der Waals surface area contributed by atoms with E-state index in [0.29, 0.717) is 17.4 Å². The molecule has 0 unspecified atom stereocenters. The van der Waals surface area contributed by atoms with E-state index < -0.39 is 0 Å². The van der Waals surface area contributed by atoms with Gasteiger partial charge in [0.05, 0.1) is 10.2 Å². The molecule has 0 bridgehead atoms. The molecular weight excluding hydrogens is 298 g/mol. The average molecular weight is 313 g/mol. The fraction of sp³-hybridized carbons (Fsp3) is 0.267.